The summed E-state index contributed by atoms with van der Waals surface area (Å²) >= 11 is 0. The number of carbonyl (C=O) groups is 2. The number of nitrogens with zero attached hydrogens (tertiary/aromatic N) is 3. The maximum Gasteiger partial charge on any atom is 0.251 e. The van der Waals surface area contributed by atoms with Gasteiger partial charge >= 0.3 is 0 Å². The second-order valence-electron chi connectivity index (χ2n) is 4.84. The SMILES string of the molecule is CC(=O)N1CCN(CCNC(=O)c2ccncc2)CC1. The fraction of sp³-hybridized carbons (Fsp3) is 0.500. The van der Waals surface area contributed by atoms with Crippen molar-refractivity contribution in [2.24, 2.45) is 0 Å². The Bertz CT molecular complexity index is 456. The van der Waals surface area contributed by atoms with Gasteiger partial charge in [0.1, 0.15) is 0 Å². The Kier molecular flexibility index (Phi) is 5.06. The van der Waals surface area contributed by atoms with Gasteiger partial charge < -0.3 is 10.2 Å². The van der Waals surface area contributed by atoms with Crippen molar-refractivity contribution in [2.45, 2.75) is 6.92 Å². The third-order valence-corrected chi connectivity index (χ3v) is 3.47. The molecule has 6 nitrogen and oxygen atoms in total. The molecule has 0 atom stereocenters. The van der Waals surface area contributed by atoms with Crippen LogP contribution in [0.25, 0.3) is 0 Å². The third kappa shape index (κ3) is 4.03. The summed E-state index contributed by atoms with van der Waals surface area (Å²) in [5.41, 5.74) is 0.626. The second-order valence-corrected chi connectivity index (χ2v) is 4.84. The van der Waals surface area contributed by atoms with Gasteiger partial charge in [0.05, 0.1) is 0 Å². The number of carbonyl (C=O) groups excluding carboxylic acids is 2. The van der Waals surface area contributed by atoms with Crippen LogP contribution in [0.1, 0.15) is 17.3 Å². The third-order valence-electron chi connectivity index (χ3n) is 3.47. The molecule has 1 aliphatic rings. The first-order valence-electron chi connectivity index (χ1n) is 6.83. The van der Waals surface area contributed by atoms with Gasteiger partial charge in [-0.05, 0) is 12.1 Å². The van der Waals surface area contributed by atoms with E-state index in [-0.39, 0.29) is 11.8 Å². The highest BCUT2D eigenvalue weighted by molar-refractivity contribution is 5.93. The molecule has 2 heterocycles. The van der Waals surface area contributed by atoms with Gasteiger partial charge in [-0.1, -0.05) is 0 Å². The largest absolute Gasteiger partial charge is 0.351 e. The lowest BCUT2D eigenvalue weighted by Gasteiger charge is -2.34. The van der Waals surface area contributed by atoms with E-state index in [1.165, 1.54) is 0 Å². The van der Waals surface area contributed by atoms with Gasteiger partial charge in [0.15, 0.2) is 0 Å². The number of amides is 2. The summed E-state index contributed by atoms with van der Waals surface area (Å²) in [4.78, 5) is 31.0. The van der Waals surface area contributed by atoms with Crippen LogP contribution in [0.5, 0.6) is 0 Å². The Labute approximate surface area is 118 Å². The summed E-state index contributed by atoms with van der Waals surface area (Å²) in [6.45, 7) is 6.30. The summed E-state index contributed by atoms with van der Waals surface area (Å²) in [5.74, 6) is 0.0606. The lowest BCUT2D eigenvalue weighted by molar-refractivity contribution is -0.130. The minimum absolute atomic E-state index is 0.0743. The number of hydrogen-bond donors (Lipinski definition) is 1. The summed E-state index contributed by atoms with van der Waals surface area (Å²) < 4.78 is 0. The number of hydrogen-bond acceptors (Lipinski definition) is 4. The first-order valence-corrected chi connectivity index (χ1v) is 6.83. The summed E-state index contributed by atoms with van der Waals surface area (Å²) in [6.07, 6.45) is 3.21. The highest BCUT2D eigenvalue weighted by atomic mass is 16.2. The molecule has 0 unspecified atom stereocenters. The average Bonchev–Trinajstić information content (AvgIpc) is 2.48. The molecule has 20 heavy (non-hydrogen) atoms. The molecule has 1 aromatic heterocycles. The zero-order valence-electron chi connectivity index (χ0n) is 11.7. The van der Waals surface area contributed by atoms with Crippen LogP contribution in [0.2, 0.25) is 0 Å². The van der Waals surface area contributed by atoms with E-state index < -0.39 is 0 Å². The second kappa shape index (κ2) is 7.00. The van der Waals surface area contributed by atoms with E-state index in [4.69, 9.17) is 0 Å². The van der Waals surface area contributed by atoms with Crippen LogP contribution in [0.4, 0.5) is 0 Å². The minimum Gasteiger partial charge on any atom is -0.351 e. The van der Waals surface area contributed by atoms with Crippen LogP contribution in [-0.4, -0.2) is 65.9 Å². The first-order chi connectivity index (χ1) is 9.66. The molecule has 108 valence electrons. The highest BCUT2D eigenvalue weighted by Gasteiger charge is 2.18. The number of aromatic nitrogens is 1. The highest BCUT2D eigenvalue weighted by Crippen LogP contribution is 2.01. The molecule has 0 aliphatic carbocycles. The standard InChI is InChI=1S/C14H20N4O2/c1-12(19)18-10-8-17(9-11-18)7-6-16-14(20)13-2-4-15-5-3-13/h2-5H,6-11H2,1H3,(H,16,20). The molecular formula is C14H20N4O2. The average molecular weight is 276 g/mol. The number of nitrogens with one attached hydrogen (secondary N) is 1. The molecule has 1 fully saturated rings. The van der Waals surface area contributed by atoms with E-state index in [2.05, 4.69) is 15.2 Å². The summed E-state index contributed by atoms with van der Waals surface area (Å²) in [7, 11) is 0. The molecule has 0 bridgehead atoms. The molecule has 0 spiro atoms. The van der Waals surface area contributed by atoms with Crippen LogP contribution in [0.3, 0.4) is 0 Å². The molecule has 0 aromatic carbocycles. The minimum atomic E-state index is -0.0743. The quantitative estimate of drug-likeness (QED) is 0.839. The van der Waals surface area contributed by atoms with Crippen molar-refractivity contribution < 1.29 is 9.59 Å². The molecular weight excluding hydrogens is 256 g/mol. The molecule has 1 saturated heterocycles. The Morgan fingerprint density at radius 1 is 1.20 bits per heavy atom. The van der Waals surface area contributed by atoms with Crippen molar-refractivity contribution in [2.75, 3.05) is 39.3 Å². The van der Waals surface area contributed by atoms with Gasteiger partial charge in [-0.15, -0.1) is 0 Å². The number of piperazine rings is 1. The van der Waals surface area contributed by atoms with Crippen molar-refractivity contribution in [1.29, 1.82) is 0 Å². The van der Waals surface area contributed by atoms with Gasteiger partial charge in [-0.2, -0.15) is 0 Å². The van der Waals surface area contributed by atoms with Crippen LogP contribution in [0.15, 0.2) is 24.5 Å². The van der Waals surface area contributed by atoms with Crippen molar-refractivity contribution in [3.05, 3.63) is 30.1 Å². The molecule has 1 N–H and O–H groups in total. The van der Waals surface area contributed by atoms with Crippen LogP contribution in [0, 0.1) is 0 Å². The van der Waals surface area contributed by atoms with E-state index in [1.54, 1.807) is 31.5 Å². The van der Waals surface area contributed by atoms with Crippen molar-refractivity contribution in [3.63, 3.8) is 0 Å². The first kappa shape index (κ1) is 14.5. The fourth-order valence-electron chi connectivity index (χ4n) is 2.22. The summed E-state index contributed by atoms with van der Waals surface area (Å²) in [5, 5.41) is 2.89. The Morgan fingerprint density at radius 2 is 1.85 bits per heavy atom. The number of pyridine rings is 1. The van der Waals surface area contributed by atoms with Gasteiger partial charge in [0, 0.05) is 64.1 Å². The molecule has 2 rings (SSSR count). The monoisotopic (exact) mass is 276 g/mol. The van der Waals surface area contributed by atoms with Crippen molar-refractivity contribution in [1.82, 2.24) is 20.1 Å². The van der Waals surface area contributed by atoms with E-state index >= 15 is 0 Å². The van der Waals surface area contributed by atoms with E-state index in [0.29, 0.717) is 12.1 Å². The van der Waals surface area contributed by atoms with E-state index in [9.17, 15) is 9.59 Å². The topological polar surface area (TPSA) is 65.5 Å². The molecule has 2 amide bonds. The maximum atomic E-state index is 11.8. The van der Waals surface area contributed by atoms with Crippen LogP contribution >= 0.6 is 0 Å². The molecule has 0 radical (unpaired) electrons. The van der Waals surface area contributed by atoms with Crippen LogP contribution < -0.4 is 5.32 Å². The van der Waals surface area contributed by atoms with Gasteiger partial charge in [-0.25, -0.2) is 0 Å². The van der Waals surface area contributed by atoms with Crippen molar-refractivity contribution >= 4 is 11.8 Å². The Hall–Kier alpha value is -1.95. The molecule has 1 aliphatic heterocycles. The fourth-order valence-corrected chi connectivity index (χ4v) is 2.22. The lowest BCUT2D eigenvalue weighted by atomic mass is 10.2. The summed E-state index contributed by atoms with van der Waals surface area (Å²) in [6, 6.07) is 3.39. The van der Waals surface area contributed by atoms with E-state index in [1.807, 2.05) is 4.90 Å². The smallest absolute Gasteiger partial charge is 0.251 e. The van der Waals surface area contributed by atoms with Crippen molar-refractivity contribution in [3.8, 4) is 0 Å². The lowest BCUT2D eigenvalue weighted by Crippen LogP contribution is -2.49. The number of rotatable bonds is 4. The molecule has 1 aromatic rings. The van der Waals surface area contributed by atoms with Crippen LogP contribution in [-0.2, 0) is 4.79 Å². The van der Waals surface area contributed by atoms with Gasteiger partial charge in [0.25, 0.3) is 5.91 Å². The van der Waals surface area contributed by atoms with Gasteiger partial charge in [0.2, 0.25) is 5.91 Å². The van der Waals surface area contributed by atoms with E-state index in [0.717, 1.165) is 32.7 Å². The maximum absolute atomic E-state index is 11.8. The Balaban J connectivity index is 1.67. The zero-order chi connectivity index (χ0) is 14.4. The molecule has 6 heteroatoms. The predicted molar refractivity (Wildman–Crippen MR) is 75.3 cm³/mol. The predicted octanol–water partition coefficient (Wildman–Crippen LogP) is -0.0245. The Morgan fingerprint density at radius 3 is 2.45 bits per heavy atom. The van der Waals surface area contributed by atoms with Gasteiger partial charge in [-0.3, -0.25) is 19.5 Å². The molecule has 0 saturated carbocycles. The normalized spacial score (nSPS) is 15.9. The zero-order valence-corrected chi connectivity index (χ0v) is 11.7.